The van der Waals surface area contributed by atoms with E-state index in [4.69, 9.17) is 0 Å². The summed E-state index contributed by atoms with van der Waals surface area (Å²) >= 11 is 0. The second kappa shape index (κ2) is 5.22. The first-order valence-electron chi connectivity index (χ1n) is 7.14. The van der Waals surface area contributed by atoms with E-state index >= 15 is 0 Å². The molecule has 1 atom stereocenters. The molecule has 2 fully saturated rings. The van der Waals surface area contributed by atoms with Crippen molar-refractivity contribution in [2.75, 3.05) is 18.9 Å². The van der Waals surface area contributed by atoms with E-state index in [1.807, 2.05) is 13.2 Å². The smallest absolute Gasteiger partial charge is 0.149 e. The lowest BCUT2D eigenvalue weighted by molar-refractivity contribution is 0.180. The van der Waals surface area contributed by atoms with Crippen LogP contribution >= 0.6 is 0 Å². The van der Waals surface area contributed by atoms with Gasteiger partial charge in [0.2, 0.25) is 0 Å². The Hall–Kier alpha value is -1.16. The fourth-order valence-electron chi connectivity index (χ4n) is 3.54. The van der Waals surface area contributed by atoms with E-state index in [2.05, 4.69) is 20.2 Å². The van der Waals surface area contributed by atoms with Crippen LogP contribution in [0.15, 0.2) is 12.4 Å². The van der Waals surface area contributed by atoms with Gasteiger partial charge >= 0.3 is 0 Å². The molecule has 1 saturated heterocycles. The highest BCUT2D eigenvalue weighted by atomic mass is 15.2. The maximum Gasteiger partial charge on any atom is 0.149 e. The van der Waals surface area contributed by atoms with Crippen LogP contribution in [0.3, 0.4) is 0 Å². The average molecular weight is 246 g/mol. The molecule has 3 rings (SSSR count). The van der Waals surface area contributed by atoms with Gasteiger partial charge in [-0.15, -0.1) is 0 Å². The number of hydrogen-bond acceptors (Lipinski definition) is 4. The molecule has 0 spiro atoms. The molecule has 1 unspecified atom stereocenters. The molecular formula is C14H22N4. The first-order chi connectivity index (χ1) is 8.90. The highest BCUT2D eigenvalue weighted by molar-refractivity contribution is 5.40. The maximum atomic E-state index is 4.59. The van der Waals surface area contributed by atoms with Crippen LogP contribution in [0, 0.1) is 0 Å². The third kappa shape index (κ3) is 2.09. The van der Waals surface area contributed by atoms with Crippen LogP contribution in [-0.4, -0.2) is 34.5 Å². The molecule has 98 valence electrons. The Bertz CT molecular complexity index is 401. The van der Waals surface area contributed by atoms with Crippen molar-refractivity contribution >= 4 is 5.82 Å². The largest absolute Gasteiger partial charge is 0.372 e. The predicted molar refractivity (Wildman–Crippen MR) is 72.5 cm³/mol. The normalized spacial score (nSPS) is 25.7. The summed E-state index contributed by atoms with van der Waals surface area (Å²) in [6, 6.07) is 1.26. The standard InChI is InChI=1S/C14H22N4/c1-15-14-13(16-8-9-17-14)12-7-4-10-18(12)11-5-2-3-6-11/h8-9,11-12H,2-7,10H2,1H3,(H,15,17). The first kappa shape index (κ1) is 11.9. The van der Waals surface area contributed by atoms with Crippen molar-refractivity contribution in [2.24, 2.45) is 0 Å². The monoisotopic (exact) mass is 246 g/mol. The second-order valence-corrected chi connectivity index (χ2v) is 5.37. The second-order valence-electron chi connectivity index (χ2n) is 5.37. The zero-order chi connectivity index (χ0) is 12.4. The molecule has 1 aliphatic heterocycles. The van der Waals surface area contributed by atoms with E-state index in [9.17, 15) is 0 Å². The van der Waals surface area contributed by atoms with Crippen LogP contribution < -0.4 is 5.32 Å². The third-order valence-corrected chi connectivity index (χ3v) is 4.37. The fourth-order valence-corrected chi connectivity index (χ4v) is 3.54. The van der Waals surface area contributed by atoms with Gasteiger partial charge in [-0.1, -0.05) is 12.8 Å². The van der Waals surface area contributed by atoms with Crippen molar-refractivity contribution in [3.63, 3.8) is 0 Å². The molecule has 18 heavy (non-hydrogen) atoms. The van der Waals surface area contributed by atoms with E-state index < -0.39 is 0 Å². The van der Waals surface area contributed by atoms with Gasteiger partial charge in [0, 0.05) is 25.5 Å². The van der Waals surface area contributed by atoms with Crippen molar-refractivity contribution in [2.45, 2.75) is 50.6 Å². The van der Waals surface area contributed by atoms with Gasteiger partial charge in [-0.3, -0.25) is 9.88 Å². The molecule has 1 saturated carbocycles. The summed E-state index contributed by atoms with van der Waals surface area (Å²) < 4.78 is 0. The molecule has 1 N–H and O–H groups in total. The van der Waals surface area contributed by atoms with Gasteiger partial charge in [-0.2, -0.15) is 0 Å². The number of anilines is 1. The highest BCUT2D eigenvalue weighted by Gasteiger charge is 2.35. The van der Waals surface area contributed by atoms with Gasteiger partial charge in [-0.05, 0) is 32.2 Å². The predicted octanol–water partition coefficient (Wildman–Crippen LogP) is 2.60. The first-order valence-corrected chi connectivity index (χ1v) is 7.14. The Morgan fingerprint density at radius 1 is 1.11 bits per heavy atom. The Kier molecular flexibility index (Phi) is 3.46. The molecule has 4 nitrogen and oxygen atoms in total. The molecule has 0 amide bonds. The minimum atomic E-state index is 0.476. The molecule has 1 aliphatic carbocycles. The van der Waals surface area contributed by atoms with Gasteiger partial charge in [0.05, 0.1) is 11.7 Å². The molecule has 0 bridgehead atoms. The lowest BCUT2D eigenvalue weighted by Gasteiger charge is -2.30. The number of hydrogen-bond donors (Lipinski definition) is 1. The van der Waals surface area contributed by atoms with Gasteiger partial charge in [0.25, 0.3) is 0 Å². The summed E-state index contributed by atoms with van der Waals surface area (Å²) in [6.07, 6.45) is 11.6. The van der Waals surface area contributed by atoms with Crippen LogP contribution in [0.25, 0.3) is 0 Å². The van der Waals surface area contributed by atoms with Crippen molar-refractivity contribution in [1.29, 1.82) is 0 Å². The number of likely N-dealkylation sites (tertiary alicyclic amines) is 1. The van der Waals surface area contributed by atoms with E-state index in [1.54, 1.807) is 6.20 Å². The lowest BCUT2D eigenvalue weighted by atomic mass is 10.1. The van der Waals surface area contributed by atoms with Crippen LogP contribution in [0.2, 0.25) is 0 Å². The molecule has 2 heterocycles. The van der Waals surface area contributed by atoms with Gasteiger partial charge < -0.3 is 5.32 Å². The lowest BCUT2D eigenvalue weighted by Crippen LogP contribution is -2.33. The molecule has 2 aliphatic rings. The van der Waals surface area contributed by atoms with Gasteiger partial charge in [0.1, 0.15) is 5.82 Å². The van der Waals surface area contributed by atoms with Crippen LogP contribution in [0.4, 0.5) is 5.82 Å². The van der Waals surface area contributed by atoms with E-state index in [0.717, 1.165) is 17.6 Å². The summed E-state index contributed by atoms with van der Waals surface area (Å²) in [7, 11) is 1.93. The van der Waals surface area contributed by atoms with Crippen molar-refractivity contribution < 1.29 is 0 Å². The van der Waals surface area contributed by atoms with E-state index in [-0.39, 0.29) is 0 Å². The average Bonchev–Trinajstić information content (AvgIpc) is 3.09. The maximum absolute atomic E-state index is 4.59. The number of nitrogens with zero attached hydrogens (tertiary/aromatic N) is 3. The highest BCUT2D eigenvalue weighted by Crippen LogP contribution is 2.38. The van der Waals surface area contributed by atoms with E-state index in [1.165, 1.54) is 45.1 Å². The minimum Gasteiger partial charge on any atom is -0.372 e. The minimum absolute atomic E-state index is 0.476. The zero-order valence-corrected chi connectivity index (χ0v) is 11.1. The summed E-state index contributed by atoms with van der Waals surface area (Å²) in [5.41, 5.74) is 1.14. The summed E-state index contributed by atoms with van der Waals surface area (Å²) in [4.78, 5) is 11.7. The molecule has 0 radical (unpaired) electrons. The SMILES string of the molecule is CNc1nccnc1C1CCCN1C1CCCC1. The zero-order valence-electron chi connectivity index (χ0n) is 11.1. The summed E-state index contributed by atoms with van der Waals surface area (Å²) in [6.45, 7) is 1.23. The Balaban J connectivity index is 1.85. The Labute approximate surface area is 109 Å². The van der Waals surface area contributed by atoms with Gasteiger partial charge in [0.15, 0.2) is 0 Å². The quantitative estimate of drug-likeness (QED) is 0.890. The van der Waals surface area contributed by atoms with Crippen LogP contribution in [-0.2, 0) is 0 Å². The number of aromatic nitrogens is 2. The van der Waals surface area contributed by atoms with Crippen molar-refractivity contribution in [1.82, 2.24) is 14.9 Å². The number of nitrogens with one attached hydrogen (secondary N) is 1. The molecule has 1 aromatic rings. The molecular weight excluding hydrogens is 224 g/mol. The van der Waals surface area contributed by atoms with E-state index in [0.29, 0.717) is 6.04 Å². The van der Waals surface area contributed by atoms with Crippen LogP contribution in [0.1, 0.15) is 50.3 Å². The number of rotatable bonds is 3. The fraction of sp³-hybridized carbons (Fsp3) is 0.714. The van der Waals surface area contributed by atoms with Crippen LogP contribution in [0.5, 0.6) is 0 Å². The molecule has 4 heteroatoms. The van der Waals surface area contributed by atoms with Crippen molar-refractivity contribution in [3.05, 3.63) is 18.1 Å². The van der Waals surface area contributed by atoms with Crippen molar-refractivity contribution in [3.8, 4) is 0 Å². The molecule has 1 aromatic heterocycles. The summed E-state index contributed by atoms with van der Waals surface area (Å²) in [5.74, 6) is 0.951. The Morgan fingerprint density at radius 2 is 1.89 bits per heavy atom. The summed E-state index contributed by atoms with van der Waals surface area (Å²) in [5, 5.41) is 3.18. The third-order valence-electron chi connectivity index (χ3n) is 4.37. The topological polar surface area (TPSA) is 41.1 Å². The Morgan fingerprint density at radius 3 is 2.67 bits per heavy atom. The van der Waals surface area contributed by atoms with Gasteiger partial charge in [-0.25, -0.2) is 4.98 Å². The molecule has 0 aromatic carbocycles.